The summed E-state index contributed by atoms with van der Waals surface area (Å²) in [6, 6.07) is 4.17. The first-order valence-corrected chi connectivity index (χ1v) is 6.09. The fourth-order valence-electron chi connectivity index (χ4n) is 2.16. The molecule has 4 heteroatoms. The van der Waals surface area contributed by atoms with E-state index in [0.29, 0.717) is 6.42 Å². The monoisotopic (exact) mass is 233 g/mol. The summed E-state index contributed by atoms with van der Waals surface area (Å²) in [5.41, 5.74) is 1.98. The number of nitrogens with zero attached hydrogens (tertiary/aromatic N) is 2. The molecular formula is C13H19N3O. The standard InChI is InChI=1S/C13H19N3O/c1-10-4-3-5-15-12(10)8-13(17)16-7-6-14-9-11(16)2/h3-5,11,14H,6-9H2,1-2H3. The smallest absolute Gasteiger partial charge is 0.228 e. The van der Waals surface area contributed by atoms with Crippen molar-refractivity contribution in [2.75, 3.05) is 19.6 Å². The fourth-order valence-corrected chi connectivity index (χ4v) is 2.16. The van der Waals surface area contributed by atoms with Crippen molar-refractivity contribution >= 4 is 5.91 Å². The van der Waals surface area contributed by atoms with Gasteiger partial charge in [-0.05, 0) is 25.5 Å². The summed E-state index contributed by atoms with van der Waals surface area (Å²) < 4.78 is 0. The Hall–Kier alpha value is -1.42. The van der Waals surface area contributed by atoms with Gasteiger partial charge in [-0.3, -0.25) is 9.78 Å². The number of piperazine rings is 1. The van der Waals surface area contributed by atoms with Crippen LogP contribution in [-0.4, -0.2) is 41.5 Å². The average molecular weight is 233 g/mol. The first kappa shape index (κ1) is 12.0. The minimum Gasteiger partial charge on any atom is -0.337 e. The van der Waals surface area contributed by atoms with Crippen molar-refractivity contribution in [1.82, 2.24) is 15.2 Å². The van der Waals surface area contributed by atoms with E-state index in [-0.39, 0.29) is 11.9 Å². The Kier molecular flexibility index (Phi) is 3.74. The van der Waals surface area contributed by atoms with Crippen LogP contribution in [0.1, 0.15) is 18.2 Å². The lowest BCUT2D eigenvalue weighted by atomic mass is 10.1. The SMILES string of the molecule is Cc1cccnc1CC(=O)N1CCNCC1C. The van der Waals surface area contributed by atoms with Gasteiger partial charge in [0.05, 0.1) is 12.1 Å². The van der Waals surface area contributed by atoms with E-state index in [1.807, 2.05) is 24.0 Å². The number of carbonyl (C=O) groups excluding carboxylic acids is 1. The van der Waals surface area contributed by atoms with Crippen LogP contribution in [0.15, 0.2) is 18.3 Å². The number of aryl methyl sites for hydroxylation is 1. The number of aromatic nitrogens is 1. The van der Waals surface area contributed by atoms with Crippen molar-refractivity contribution in [2.45, 2.75) is 26.3 Å². The molecule has 1 aliphatic rings. The maximum atomic E-state index is 12.2. The van der Waals surface area contributed by atoms with Crippen LogP contribution in [0, 0.1) is 6.92 Å². The van der Waals surface area contributed by atoms with Crippen LogP contribution in [0.2, 0.25) is 0 Å². The number of hydrogen-bond donors (Lipinski definition) is 1. The predicted molar refractivity (Wildman–Crippen MR) is 66.7 cm³/mol. The number of rotatable bonds is 2. The zero-order valence-corrected chi connectivity index (χ0v) is 10.4. The quantitative estimate of drug-likeness (QED) is 0.820. The molecule has 1 amide bonds. The molecule has 0 spiro atoms. The summed E-state index contributed by atoms with van der Waals surface area (Å²) in [5.74, 6) is 0.181. The number of nitrogens with one attached hydrogen (secondary N) is 1. The molecule has 1 fully saturated rings. The van der Waals surface area contributed by atoms with Gasteiger partial charge in [0.1, 0.15) is 0 Å². The molecule has 0 bridgehead atoms. The maximum Gasteiger partial charge on any atom is 0.228 e. The Morgan fingerprint density at radius 1 is 1.65 bits per heavy atom. The van der Waals surface area contributed by atoms with Crippen LogP contribution < -0.4 is 5.32 Å². The van der Waals surface area contributed by atoms with E-state index in [0.717, 1.165) is 30.9 Å². The minimum atomic E-state index is 0.181. The number of pyridine rings is 1. The topological polar surface area (TPSA) is 45.2 Å². The molecule has 4 nitrogen and oxygen atoms in total. The van der Waals surface area contributed by atoms with Gasteiger partial charge >= 0.3 is 0 Å². The van der Waals surface area contributed by atoms with E-state index in [4.69, 9.17) is 0 Å². The molecular weight excluding hydrogens is 214 g/mol. The molecule has 0 saturated carbocycles. The summed E-state index contributed by atoms with van der Waals surface area (Å²) >= 11 is 0. The van der Waals surface area contributed by atoms with Crippen molar-refractivity contribution in [3.8, 4) is 0 Å². The second kappa shape index (κ2) is 5.27. The first-order valence-electron chi connectivity index (χ1n) is 6.09. The summed E-state index contributed by atoms with van der Waals surface area (Å²) in [7, 11) is 0. The second-order valence-corrected chi connectivity index (χ2v) is 4.58. The van der Waals surface area contributed by atoms with Crippen LogP contribution >= 0.6 is 0 Å². The molecule has 0 aliphatic carbocycles. The molecule has 1 atom stereocenters. The molecule has 2 heterocycles. The Morgan fingerprint density at radius 2 is 2.47 bits per heavy atom. The number of amides is 1. The summed E-state index contributed by atoms with van der Waals surface area (Å²) in [4.78, 5) is 18.4. The highest BCUT2D eigenvalue weighted by Gasteiger charge is 2.23. The normalized spacial score (nSPS) is 20.4. The third-order valence-electron chi connectivity index (χ3n) is 3.26. The Balaban J connectivity index is 2.03. The summed E-state index contributed by atoms with van der Waals surface area (Å²) in [5, 5.41) is 3.29. The molecule has 2 rings (SSSR count). The van der Waals surface area contributed by atoms with Crippen molar-refractivity contribution in [3.05, 3.63) is 29.6 Å². The van der Waals surface area contributed by atoms with E-state index < -0.39 is 0 Å². The molecule has 1 aliphatic heterocycles. The van der Waals surface area contributed by atoms with Gasteiger partial charge in [0.25, 0.3) is 0 Å². The van der Waals surface area contributed by atoms with Crippen LogP contribution in [-0.2, 0) is 11.2 Å². The first-order chi connectivity index (χ1) is 8.18. The second-order valence-electron chi connectivity index (χ2n) is 4.58. The van der Waals surface area contributed by atoms with Crippen molar-refractivity contribution in [2.24, 2.45) is 0 Å². The van der Waals surface area contributed by atoms with Gasteiger partial charge in [-0.2, -0.15) is 0 Å². The molecule has 1 saturated heterocycles. The summed E-state index contributed by atoms with van der Waals surface area (Å²) in [6.45, 7) is 6.64. The number of hydrogen-bond acceptors (Lipinski definition) is 3. The molecule has 1 aromatic heterocycles. The zero-order valence-electron chi connectivity index (χ0n) is 10.4. The van der Waals surface area contributed by atoms with Crippen molar-refractivity contribution in [3.63, 3.8) is 0 Å². The molecule has 92 valence electrons. The third kappa shape index (κ3) is 2.82. The Labute approximate surface area is 102 Å². The van der Waals surface area contributed by atoms with Gasteiger partial charge in [0.15, 0.2) is 0 Å². The van der Waals surface area contributed by atoms with Gasteiger partial charge in [-0.15, -0.1) is 0 Å². The van der Waals surface area contributed by atoms with Gasteiger partial charge in [0.2, 0.25) is 5.91 Å². The molecule has 1 aromatic rings. The lowest BCUT2D eigenvalue weighted by molar-refractivity contribution is -0.133. The third-order valence-corrected chi connectivity index (χ3v) is 3.26. The maximum absolute atomic E-state index is 12.2. The molecule has 1 unspecified atom stereocenters. The van der Waals surface area contributed by atoms with E-state index in [1.165, 1.54) is 0 Å². The van der Waals surface area contributed by atoms with E-state index >= 15 is 0 Å². The van der Waals surface area contributed by atoms with Crippen molar-refractivity contribution < 1.29 is 4.79 Å². The van der Waals surface area contributed by atoms with Crippen LogP contribution in [0.4, 0.5) is 0 Å². The molecule has 1 N–H and O–H groups in total. The largest absolute Gasteiger partial charge is 0.337 e. The van der Waals surface area contributed by atoms with Gasteiger partial charge in [-0.25, -0.2) is 0 Å². The van der Waals surface area contributed by atoms with Crippen LogP contribution in [0.5, 0.6) is 0 Å². The number of carbonyl (C=O) groups is 1. The highest BCUT2D eigenvalue weighted by molar-refractivity contribution is 5.79. The van der Waals surface area contributed by atoms with Crippen LogP contribution in [0.25, 0.3) is 0 Å². The van der Waals surface area contributed by atoms with Gasteiger partial charge in [0, 0.05) is 31.9 Å². The highest BCUT2D eigenvalue weighted by atomic mass is 16.2. The molecule has 17 heavy (non-hydrogen) atoms. The lowest BCUT2D eigenvalue weighted by Gasteiger charge is -2.34. The minimum absolute atomic E-state index is 0.181. The fraction of sp³-hybridized carbons (Fsp3) is 0.538. The van der Waals surface area contributed by atoms with Gasteiger partial charge < -0.3 is 10.2 Å². The van der Waals surface area contributed by atoms with E-state index in [1.54, 1.807) is 6.20 Å². The molecule has 0 aromatic carbocycles. The van der Waals surface area contributed by atoms with E-state index in [9.17, 15) is 4.79 Å². The predicted octanol–water partition coefficient (Wildman–Crippen LogP) is 0.753. The van der Waals surface area contributed by atoms with Crippen molar-refractivity contribution in [1.29, 1.82) is 0 Å². The summed E-state index contributed by atoms with van der Waals surface area (Å²) in [6.07, 6.45) is 2.16. The van der Waals surface area contributed by atoms with Crippen LogP contribution in [0.3, 0.4) is 0 Å². The average Bonchev–Trinajstić information content (AvgIpc) is 2.32. The Morgan fingerprint density at radius 3 is 3.18 bits per heavy atom. The lowest BCUT2D eigenvalue weighted by Crippen LogP contribution is -2.52. The molecule has 0 radical (unpaired) electrons. The Bertz CT molecular complexity index is 405. The highest BCUT2D eigenvalue weighted by Crippen LogP contribution is 2.09. The van der Waals surface area contributed by atoms with Gasteiger partial charge in [-0.1, -0.05) is 6.07 Å². The zero-order chi connectivity index (χ0) is 12.3. The van der Waals surface area contributed by atoms with E-state index in [2.05, 4.69) is 17.2 Å².